The van der Waals surface area contributed by atoms with Crippen LogP contribution in [0.25, 0.3) is 0 Å². The molecule has 5 rings (SSSR count). The lowest BCUT2D eigenvalue weighted by Crippen LogP contribution is -2.60. The van der Waals surface area contributed by atoms with Gasteiger partial charge in [-0.25, -0.2) is 18.4 Å². The maximum atomic E-state index is 14.2. The molecule has 3 heterocycles. The number of anilines is 1. The lowest BCUT2D eigenvalue weighted by atomic mass is 9.99. The van der Waals surface area contributed by atoms with Gasteiger partial charge >= 0.3 is 12.0 Å². The van der Waals surface area contributed by atoms with E-state index in [1.807, 2.05) is 13.8 Å². The van der Waals surface area contributed by atoms with Gasteiger partial charge in [0.1, 0.15) is 47.9 Å². The summed E-state index contributed by atoms with van der Waals surface area (Å²) in [7, 11) is 0. The molecule has 7 amide bonds. The van der Waals surface area contributed by atoms with Crippen molar-refractivity contribution in [3.63, 3.8) is 0 Å². The number of carbonyl (C=O) groups excluding carboxylic acids is 7. The third kappa shape index (κ3) is 11.3. The van der Waals surface area contributed by atoms with Crippen molar-refractivity contribution in [2.75, 3.05) is 31.6 Å². The fourth-order valence-electron chi connectivity index (χ4n) is 8.08. The summed E-state index contributed by atoms with van der Waals surface area (Å²) in [6, 6.07) is 2.82. The molecule has 17 heteroatoms. The van der Waals surface area contributed by atoms with E-state index in [1.54, 1.807) is 38.1 Å². The highest BCUT2D eigenvalue weighted by atomic mass is 19.1. The second kappa shape index (κ2) is 19.9. The van der Waals surface area contributed by atoms with Gasteiger partial charge in [-0.15, -0.1) is 0 Å². The van der Waals surface area contributed by atoms with Crippen molar-refractivity contribution in [3.05, 3.63) is 65.2 Å². The van der Waals surface area contributed by atoms with Gasteiger partial charge in [0.15, 0.2) is 0 Å². The Balaban J connectivity index is 1.24. The largest absolute Gasteiger partial charge is 0.464 e. The van der Waals surface area contributed by atoms with Crippen LogP contribution >= 0.6 is 0 Å². The van der Waals surface area contributed by atoms with Crippen LogP contribution in [-0.4, -0.2) is 119 Å². The molecule has 15 nitrogen and oxygen atoms in total. The number of ether oxygens (including phenoxy) is 1. The van der Waals surface area contributed by atoms with Crippen molar-refractivity contribution in [2.24, 2.45) is 5.92 Å². The minimum atomic E-state index is -1.36. The van der Waals surface area contributed by atoms with E-state index in [9.17, 15) is 42.3 Å². The van der Waals surface area contributed by atoms with Gasteiger partial charge in [-0.3, -0.25) is 24.0 Å². The van der Waals surface area contributed by atoms with E-state index in [0.29, 0.717) is 56.8 Å². The number of piperidine rings is 1. The van der Waals surface area contributed by atoms with Gasteiger partial charge in [-0.2, -0.15) is 0 Å². The molecule has 3 saturated heterocycles. The number of aryl methyl sites for hydroxylation is 1. The third-order valence-electron chi connectivity index (χ3n) is 11.0. The molecule has 59 heavy (non-hydrogen) atoms. The maximum Gasteiger partial charge on any atom is 0.328 e. The second-order valence-corrected chi connectivity index (χ2v) is 15.8. The molecule has 7 atom stereocenters. The first-order valence-electron chi connectivity index (χ1n) is 20.3. The van der Waals surface area contributed by atoms with Crippen molar-refractivity contribution in [3.8, 4) is 0 Å². The fraction of sp³-hybridized carbons (Fsp3) is 0.548. The normalized spacial score (nSPS) is 21.8. The zero-order chi connectivity index (χ0) is 43.0. The van der Waals surface area contributed by atoms with Crippen LogP contribution in [0, 0.1) is 24.5 Å². The Morgan fingerprint density at radius 1 is 0.780 bits per heavy atom. The van der Waals surface area contributed by atoms with Crippen LogP contribution in [0.2, 0.25) is 0 Å². The van der Waals surface area contributed by atoms with Crippen LogP contribution in [-0.2, 0) is 39.9 Å². The number of rotatable bonds is 13. The summed E-state index contributed by atoms with van der Waals surface area (Å²) in [5.41, 5.74) is 1.49. The quantitative estimate of drug-likeness (QED) is 0.222. The highest BCUT2D eigenvalue weighted by Gasteiger charge is 2.44. The van der Waals surface area contributed by atoms with Crippen LogP contribution in [0.15, 0.2) is 42.5 Å². The molecular weight excluding hydrogens is 768 g/mol. The molecule has 0 radical (unpaired) electrons. The number of carbonyl (C=O) groups is 7. The number of halogens is 2. The number of hydrogen-bond acceptors (Lipinski definition) is 8. The van der Waals surface area contributed by atoms with Gasteiger partial charge in [0.05, 0.1) is 6.61 Å². The minimum absolute atomic E-state index is 0.0657. The molecule has 320 valence electrons. The summed E-state index contributed by atoms with van der Waals surface area (Å²) >= 11 is 0. The number of esters is 1. The molecule has 0 aliphatic carbocycles. The van der Waals surface area contributed by atoms with Gasteiger partial charge in [0.2, 0.25) is 29.5 Å². The minimum Gasteiger partial charge on any atom is -0.464 e. The predicted molar refractivity (Wildman–Crippen MR) is 212 cm³/mol. The number of nitrogens with one attached hydrogen (secondary N) is 4. The van der Waals surface area contributed by atoms with Crippen LogP contribution in [0.3, 0.4) is 0 Å². The highest BCUT2D eigenvalue weighted by molar-refractivity contribution is 5.98. The second-order valence-electron chi connectivity index (χ2n) is 15.8. The van der Waals surface area contributed by atoms with E-state index in [-0.39, 0.29) is 37.6 Å². The first kappa shape index (κ1) is 44.5. The van der Waals surface area contributed by atoms with Gasteiger partial charge in [-0.1, -0.05) is 24.6 Å². The lowest BCUT2D eigenvalue weighted by molar-refractivity contribution is -0.154. The number of hydrogen-bond donors (Lipinski definition) is 4. The predicted octanol–water partition coefficient (Wildman–Crippen LogP) is 3.19. The van der Waals surface area contributed by atoms with E-state index in [0.717, 1.165) is 17.7 Å². The van der Waals surface area contributed by atoms with Gasteiger partial charge in [0.25, 0.3) is 0 Å². The number of amides is 7. The summed E-state index contributed by atoms with van der Waals surface area (Å²) in [6.45, 7) is 9.47. The Morgan fingerprint density at radius 2 is 1.41 bits per heavy atom. The lowest BCUT2D eigenvalue weighted by Gasteiger charge is -2.39. The number of urea groups is 1. The van der Waals surface area contributed by atoms with Crippen molar-refractivity contribution >= 4 is 47.2 Å². The van der Waals surface area contributed by atoms with E-state index >= 15 is 0 Å². The topological polar surface area (TPSA) is 187 Å². The molecule has 3 aliphatic heterocycles. The summed E-state index contributed by atoms with van der Waals surface area (Å²) in [5.74, 6) is -4.89. The van der Waals surface area contributed by atoms with E-state index in [4.69, 9.17) is 4.74 Å². The Kier molecular flexibility index (Phi) is 15.0. The monoisotopic (exact) mass is 823 g/mol. The van der Waals surface area contributed by atoms with Crippen molar-refractivity contribution < 1.29 is 47.1 Å². The zero-order valence-electron chi connectivity index (χ0n) is 34.2. The number of benzene rings is 2. The van der Waals surface area contributed by atoms with Crippen molar-refractivity contribution in [1.29, 1.82) is 0 Å². The molecule has 4 N–H and O–H groups in total. The Hall–Kier alpha value is -5.61. The average Bonchev–Trinajstić information content (AvgIpc) is 3.84. The van der Waals surface area contributed by atoms with E-state index in [1.165, 1.54) is 21.6 Å². The van der Waals surface area contributed by atoms with Crippen LogP contribution in [0.1, 0.15) is 77.3 Å². The molecular formula is C42H55F2N7O8. The van der Waals surface area contributed by atoms with E-state index in [2.05, 4.69) is 21.3 Å². The smallest absolute Gasteiger partial charge is 0.328 e. The standard InChI is InChI=1S/C42H55F2N7O8/c1-6-59-41(57)35-18-25(3)23-51(35)39(55)27(5)46-37(53)33-10-7-8-16-49(33)40(56)34-11-9-17-50(34)38(54)26(4)45-36(52)32(21-28-19-29(43)22-30(44)20-28)48-42(58)47-31-14-12-24(2)13-15-31/h12-15,19-20,22,25-27,32-35H,6-11,16-18,21,23H2,1-5H3,(H,45,52)(H,46,53)(H2,47,48,58)/t25-,26-,27-,32-,33-,34-,35-/m0/s1. The summed E-state index contributed by atoms with van der Waals surface area (Å²) in [4.78, 5) is 98.9. The van der Waals surface area contributed by atoms with Crippen molar-refractivity contribution in [2.45, 2.75) is 116 Å². The Morgan fingerprint density at radius 3 is 2.08 bits per heavy atom. The SMILES string of the molecule is CCOC(=O)[C@@H]1C[C@H](C)CN1C(=O)[C@H](C)NC(=O)[C@@H]1CCCCN1C(=O)[C@@H]1CCCN1C(=O)[C@H](C)NC(=O)[C@H](Cc1cc(F)cc(F)c1)NC(=O)Nc1ccc(C)cc1. The number of likely N-dealkylation sites (tertiary alicyclic amines) is 3. The van der Waals surface area contributed by atoms with Gasteiger partial charge in [-0.05, 0) is 102 Å². The third-order valence-corrected chi connectivity index (χ3v) is 11.0. The number of nitrogens with zero attached hydrogens (tertiary/aromatic N) is 3. The van der Waals surface area contributed by atoms with E-state index < -0.39 is 89.4 Å². The molecule has 3 fully saturated rings. The Labute approximate surface area is 342 Å². The van der Waals surface area contributed by atoms with Gasteiger partial charge < -0.3 is 40.7 Å². The fourth-order valence-corrected chi connectivity index (χ4v) is 8.08. The van der Waals surface area contributed by atoms with Crippen LogP contribution < -0.4 is 21.3 Å². The molecule has 0 aromatic heterocycles. The molecule has 3 aliphatic rings. The van der Waals surface area contributed by atoms with Crippen LogP contribution in [0.4, 0.5) is 19.3 Å². The van der Waals surface area contributed by atoms with Gasteiger partial charge in [0, 0.05) is 37.8 Å². The molecule has 2 aromatic carbocycles. The molecule has 2 aromatic rings. The summed E-state index contributed by atoms with van der Waals surface area (Å²) in [5, 5.41) is 10.5. The summed E-state index contributed by atoms with van der Waals surface area (Å²) < 4.78 is 33.4. The van der Waals surface area contributed by atoms with Crippen LogP contribution in [0.5, 0.6) is 0 Å². The average molecular weight is 824 g/mol. The van der Waals surface area contributed by atoms with Crippen molar-refractivity contribution in [1.82, 2.24) is 30.7 Å². The first-order chi connectivity index (χ1) is 28.1. The molecule has 0 spiro atoms. The molecule has 0 bridgehead atoms. The Bertz CT molecular complexity index is 1880. The maximum absolute atomic E-state index is 14.2. The summed E-state index contributed by atoms with van der Waals surface area (Å²) in [6.07, 6.45) is 2.60. The highest BCUT2D eigenvalue weighted by Crippen LogP contribution is 2.27. The first-order valence-corrected chi connectivity index (χ1v) is 20.3. The molecule has 0 unspecified atom stereocenters. The molecule has 0 saturated carbocycles. The zero-order valence-corrected chi connectivity index (χ0v) is 34.2.